The lowest BCUT2D eigenvalue weighted by Crippen LogP contribution is -2.10. The Hall–Kier alpha value is -0.0400. The fourth-order valence-corrected chi connectivity index (χ4v) is 0.849. The number of hydrogen-bond acceptors (Lipinski definition) is 4. The van der Waals surface area contributed by atoms with Crippen molar-refractivity contribution in [2.75, 3.05) is 12.5 Å². The number of hydrogen-bond donors (Lipinski definition) is 0. The highest BCUT2D eigenvalue weighted by atomic mass is 35.5. The van der Waals surface area contributed by atoms with Crippen molar-refractivity contribution in [3.05, 3.63) is 0 Å². The zero-order chi connectivity index (χ0) is 11.1. The monoisotopic (exact) mass is 272 g/mol. The average Bonchev–Trinajstić information content (AvgIpc) is 2.17. The van der Waals surface area contributed by atoms with Crippen LogP contribution in [0.3, 0.4) is 0 Å². The van der Waals surface area contributed by atoms with E-state index >= 15 is 0 Å². The Kier molecular flexibility index (Phi) is 7.26. The van der Waals surface area contributed by atoms with Crippen molar-refractivity contribution >= 4 is 67.5 Å². The lowest BCUT2D eigenvalue weighted by atomic mass is 10.6. The minimum atomic E-state index is -1.03. The highest BCUT2D eigenvalue weighted by Crippen LogP contribution is 2.05. The minimum Gasteiger partial charge on any atom is -0.261 e. The Bertz CT molecular complexity index is 274. The van der Waals surface area contributed by atoms with Crippen LogP contribution >= 0.6 is 46.7 Å². The fraction of sp³-hybridized carbons (Fsp3) is 0.333. The lowest BCUT2D eigenvalue weighted by molar-refractivity contribution is -0.134. The van der Waals surface area contributed by atoms with E-state index < -0.39 is 11.8 Å². The van der Waals surface area contributed by atoms with E-state index in [1.165, 1.54) is 0 Å². The van der Waals surface area contributed by atoms with E-state index in [0.717, 1.165) is 23.5 Å². The summed E-state index contributed by atoms with van der Waals surface area (Å²) in [7, 11) is 0. The summed E-state index contributed by atoms with van der Waals surface area (Å²) in [6.45, 7) is 0. The third-order valence-corrected chi connectivity index (χ3v) is 2.85. The second-order valence-electron chi connectivity index (χ2n) is 1.75. The van der Waals surface area contributed by atoms with E-state index in [1.54, 1.807) is 12.5 Å². The second-order valence-corrected chi connectivity index (χ2v) is 4.50. The molecule has 0 aromatic heterocycles. The van der Waals surface area contributed by atoms with Gasteiger partial charge in [0.1, 0.15) is 0 Å². The van der Waals surface area contributed by atoms with Crippen LogP contribution in [0, 0.1) is 0 Å². The molecule has 0 N–H and O–H groups in total. The molecule has 78 valence electrons. The molecule has 0 saturated carbocycles. The predicted octanol–water partition coefficient (Wildman–Crippen LogP) is 1.96. The van der Waals surface area contributed by atoms with Crippen LogP contribution in [-0.4, -0.2) is 33.3 Å². The van der Waals surface area contributed by atoms with Gasteiger partial charge in [-0.15, -0.1) is 0 Å². The molecule has 0 heterocycles. The zero-order valence-corrected chi connectivity index (χ0v) is 10.4. The number of aliphatic imine (C=N–C) groups is 2. The number of halogens is 2. The van der Waals surface area contributed by atoms with Crippen molar-refractivity contribution in [1.82, 2.24) is 0 Å². The van der Waals surface area contributed by atoms with Gasteiger partial charge in [0.15, 0.2) is 9.01 Å². The number of carbonyl (C=O) groups excluding carboxylic acids is 2. The van der Waals surface area contributed by atoms with Crippen molar-refractivity contribution in [1.29, 1.82) is 0 Å². The Balaban J connectivity index is 4.50. The molecule has 0 aromatic rings. The molecule has 2 amide bonds. The second kappa shape index (κ2) is 7.28. The fourth-order valence-electron chi connectivity index (χ4n) is 0.347. The minimum absolute atomic E-state index is 0.0150. The van der Waals surface area contributed by atoms with Gasteiger partial charge in [0, 0.05) is 0 Å². The lowest BCUT2D eigenvalue weighted by Gasteiger charge is -1.91. The first-order chi connectivity index (χ1) is 6.51. The predicted molar refractivity (Wildman–Crippen MR) is 63.6 cm³/mol. The molecule has 0 spiro atoms. The molecule has 0 aliphatic heterocycles. The van der Waals surface area contributed by atoms with Gasteiger partial charge >= 0.3 is 11.8 Å². The largest absolute Gasteiger partial charge is 0.339 e. The van der Waals surface area contributed by atoms with Crippen LogP contribution < -0.4 is 0 Å². The first-order valence-corrected chi connectivity index (χ1v) is 6.36. The number of rotatable bonds is 0. The van der Waals surface area contributed by atoms with Crippen LogP contribution in [0.5, 0.6) is 0 Å². The normalized spacial score (nSPS) is 12.9. The van der Waals surface area contributed by atoms with Crippen LogP contribution in [0.15, 0.2) is 9.98 Å². The van der Waals surface area contributed by atoms with E-state index in [9.17, 15) is 9.59 Å². The molecule has 14 heavy (non-hydrogen) atoms. The Morgan fingerprint density at radius 2 is 1.21 bits per heavy atom. The highest BCUT2D eigenvalue weighted by molar-refractivity contribution is 8.16. The van der Waals surface area contributed by atoms with E-state index in [-0.39, 0.29) is 9.01 Å². The Morgan fingerprint density at radius 1 is 0.929 bits per heavy atom. The van der Waals surface area contributed by atoms with Crippen molar-refractivity contribution in [2.24, 2.45) is 9.98 Å². The van der Waals surface area contributed by atoms with Gasteiger partial charge in [-0.2, -0.15) is 9.98 Å². The summed E-state index contributed by atoms with van der Waals surface area (Å²) in [5, 5.41) is 0. The molecule has 0 radical (unpaired) electrons. The molecule has 0 fully saturated rings. The SMILES string of the molecule is CSC(Cl)=NC(=O)C(=O)N=C(Cl)SC. The molecule has 0 saturated heterocycles. The molecule has 0 atom stereocenters. The van der Waals surface area contributed by atoms with Crippen molar-refractivity contribution in [3.63, 3.8) is 0 Å². The number of nitrogens with zero attached hydrogens (tertiary/aromatic N) is 2. The first-order valence-electron chi connectivity index (χ1n) is 3.16. The summed E-state index contributed by atoms with van der Waals surface area (Å²) in [4.78, 5) is 28.4. The number of carbonyl (C=O) groups is 2. The Morgan fingerprint density at radius 3 is 1.43 bits per heavy atom. The van der Waals surface area contributed by atoms with Gasteiger partial charge in [-0.1, -0.05) is 46.7 Å². The summed E-state index contributed by atoms with van der Waals surface area (Å²) in [5.41, 5.74) is 0. The topological polar surface area (TPSA) is 58.9 Å². The maximum atomic E-state index is 11.0. The number of amides is 2. The molecule has 8 heteroatoms. The summed E-state index contributed by atoms with van der Waals surface area (Å²) in [6, 6.07) is 0. The van der Waals surface area contributed by atoms with Gasteiger partial charge in [-0.25, -0.2) is 0 Å². The summed E-state index contributed by atoms with van der Waals surface area (Å²) in [6.07, 6.45) is 3.25. The van der Waals surface area contributed by atoms with E-state index in [1.807, 2.05) is 0 Å². The average molecular weight is 273 g/mol. The van der Waals surface area contributed by atoms with E-state index in [2.05, 4.69) is 9.98 Å². The van der Waals surface area contributed by atoms with Crippen molar-refractivity contribution in [3.8, 4) is 0 Å². The van der Waals surface area contributed by atoms with E-state index in [4.69, 9.17) is 23.2 Å². The van der Waals surface area contributed by atoms with Crippen molar-refractivity contribution in [2.45, 2.75) is 0 Å². The standard InChI is InChI=1S/C6H6Cl2N2O2S2/c1-13-5(7)9-3(11)4(12)10-6(8)14-2/h1-2H3. The Labute approximate surface area is 99.5 Å². The van der Waals surface area contributed by atoms with Crippen LogP contribution in [0.4, 0.5) is 0 Å². The molecule has 0 aliphatic rings. The number of thioether (sulfide) groups is 2. The van der Waals surface area contributed by atoms with Crippen molar-refractivity contribution < 1.29 is 9.59 Å². The van der Waals surface area contributed by atoms with Crippen LogP contribution in [-0.2, 0) is 9.59 Å². The molecule has 0 rings (SSSR count). The molecule has 0 unspecified atom stereocenters. The maximum absolute atomic E-state index is 11.0. The summed E-state index contributed by atoms with van der Waals surface area (Å²) < 4.78 is -0.0300. The molecule has 0 aliphatic carbocycles. The maximum Gasteiger partial charge on any atom is 0.339 e. The molecule has 0 bridgehead atoms. The third kappa shape index (κ3) is 5.64. The van der Waals surface area contributed by atoms with Gasteiger partial charge < -0.3 is 0 Å². The first kappa shape index (κ1) is 14.0. The van der Waals surface area contributed by atoms with Crippen LogP contribution in [0.25, 0.3) is 0 Å². The van der Waals surface area contributed by atoms with Crippen LogP contribution in [0.2, 0.25) is 0 Å². The summed E-state index contributed by atoms with van der Waals surface area (Å²) >= 11 is 13.0. The van der Waals surface area contributed by atoms with Gasteiger partial charge in [0.25, 0.3) is 0 Å². The third-order valence-electron chi connectivity index (χ3n) is 0.899. The van der Waals surface area contributed by atoms with Gasteiger partial charge in [-0.3, -0.25) is 9.59 Å². The van der Waals surface area contributed by atoms with Gasteiger partial charge in [-0.05, 0) is 12.5 Å². The van der Waals surface area contributed by atoms with Gasteiger partial charge in [0.05, 0.1) is 0 Å². The smallest absolute Gasteiger partial charge is 0.261 e. The van der Waals surface area contributed by atoms with Gasteiger partial charge in [0.2, 0.25) is 0 Å². The summed E-state index contributed by atoms with van der Waals surface area (Å²) in [5.74, 6) is -2.06. The van der Waals surface area contributed by atoms with E-state index in [0.29, 0.717) is 0 Å². The molecule has 0 aromatic carbocycles. The molecular formula is C6H6Cl2N2O2S2. The zero-order valence-electron chi connectivity index (χ0n) is 7.28. The quantitative estimate of drug-likeness (QED) is 0.384. The molecular weight excluding hydrogens is 267 g/mol. The molecule has 4 nitrogen and oxygen atoms in total. The van der Waals surface area contributed by atoms with Crippen LogP contribution in [0.1, 0.15) is 0 Å². The highest BCUT2D eigenvalue weighted by Gasteiger charge is 2.12.